The number of fused-ring (bicyclic) bond motifs is 1. The molecule has 0 aromatic rings. The average molecular weight is 461 g/mol. The molecule has 3 aliphatic heterocycles. The van der Waals surface area contributed by atoms with Gasteiger partial charge in [0, 0.05) is 24.0 Å². The van der Waals surface area contributed by atoms with E-state index in [1.54, 1.807) is 11.8 Å². The highest BCUT2D eigenvalue weighted by atomic mass is 79.9. The number of likely N-dealkylation sites (tertiary alicyclic amines) is 1. The van der Waals surface area contributed by atoms with Crippen molar-refractivity contribution in [1.82, 2.24) is 10.2 Å². The lowest BCUT2D eigenvalue weighted by molar-refractivity contribution is -0.154. The number of unbranched alkanes of at least 4 members (excludes halogenated alkanes) is 1. The standard InChI is InChI=1S/C19H29BrN2O6/c1-4-27-18(26)12-13-17(25)22(7-5-6-8-23)15(16(24)21-10(2)3)19(13)9-11(20)14(12)28-19/h10-15,23H,4-9H2,1-3H3,(H,21,24)/t11?,12-,13+,14-,15-,19+/m1/s1. The van der Waals surface area contributed by atoms with Gasteiger partial charge in [-0.05, 0) is 40.0 Å². The molecule has 2 bridgehead atoms. The Morgan fingerprint density at radius 3 is 2.75 bits per heavy atom. The molecule has 3 heterocycles. The van der Waals surface area contributed by atoms with Crippen LogP contribution in [0.25, 0.3) is 0 Å². The van der Waals surface area contributed by atoms with Crippen molar-refractivity contribution in [1.29, 1.82) is 0 Å². The predicted octanol–water partition coefficient (Wildman–Crippen LogP) is 0.595. The molecule has 9 heteroatoms. The molecular formula is C19H29BrN2O6. The largest absolute Gasteiger partial charge is 0.466 e. The summed E-state index contributed by atoms with van der Waals surface area (Å²) in [6.07, 6.45) is 1.10. The van der Waals surface area contributed by atoms with E-state index in [1.807, 2.05) is 13.8 Å². The molecule has 2 amide bonds. The lowest BCUT2D eigenvalue weighted by Crippen LogP contribution is -2.56. The summed E-state index contributed by atoms with van der Waals surface area (Å²) in [5.74, 6) is -2.39. The van der Waals surface area contributed by atoms with Crippen molar-refractivity contribution >= 4 is 33.7 Å². The van der Waals surface area contributed by atoms with Gasteiger partial charge in [0.15, 0.2) is 0 Å². The van der Waals surface area contributed by atoms with Crippen LogP contribution in [0.2, 0.25) is 0 Å². The van der Waals surface area contributed by atoms with Crippen LogP contribution >= 0.6 is 15.9 Å². The molecule has 8 nitrogen and oxygen atoms in total. The molecule has 3 fully saturated rings. The second kappa shape index (κ2) is 8.28. The maximum absolute atomic E-state index is 13.4. The van der Waals surface area contributed by atoms with E-state index < -0.39 is 35.6 Å². The number of hydrogen-bond acceptors (Lipinski definition) is 6. The lowest BCUT2D eigenvalue weighted by Gasteiger charge is -2.34. The first-order valence-corrected chi connectivity index (χ1v) is 10.9. The van der Waals surface area contributed by atoms with Gasteiger partial charge in [-0.1, -0.05) is 15.9 Å². The molecule has 3 aliphatic rings. The third kappa shape index (κ3) is 3.35. The molecule has 6 atom stereocenters. The van der Waals surface area contributed by atoms with Gasteiger partial charge in [0.05, 0.1) is 24.5 Å². The first kappa shape index (κ1) is 21.5. The van der Waals surface area contributed by atoms with E-state index in [1.165, 1.54) is 0 Å². The van der Waals surface area contributed by atoms with Crippen molar-refractivity contribution in [3.05, 3.63) is 0 Å². The SMILES string of the molecule is CCOC(=O)[C@H]1[C@@H]2O[C@@]3(CC2Br)[C@@H]1C(=O)N(CCCCO)[C@@H]3C(=O)NC(C)C. The third-order valence-electron chi connectivity index (χ3n) is 5.83. The van der Waals surface area contributed by atoms with E-state index in [9.17, 15) is 14.4 Å². The van der Waals surface area contributed by atoms with Crippen LogP contribution in [0.5, 0.6) is 0 Å². The third-order valence-corrected chi connectivity index (χ3v) is 6.68. The molecule has 0 aliphatic carbocycles. The summed E-state index contributed by atoms with van der Waals surface area (Å²) in [5, 5.41) is 12.0. The highest BCUT2D eigenvalue weighted by molar-refractivity contribution is 9.09. The van der Waals surface area contributed by atoms with Gasteiger partial charge in [0.25, 0.3) is 0 Å². The monoisotopic (exact) mass is 460 g/mol. The molecule has 2 N–H and O–H groups in total. The van der Waals surface area contributed by atoms with E-state index in [4.69, 9.17) is 14.6 Å². The molecule has 0 aromatic heterocycles. The Balaban J connectivity index is 1.98. The Labute approximate surface area is 173 Å². The number of carbonyl (C=O) groups is 3. The molecule has 3 rings (SSSR count). The number of aliphatic hydroxyl groups is 1. The van der Waals surface area contributed by atoms with Gasteiger partial charge < -0.3 is 24.8 Å². The summed E-state index contributed by atoms with van der Waals surface area (Å²) in [4.78, 5) is 40.6. The fourth-order valence-electron chi connectivity index (χ4n) is 4.94. The summed E-state index contributed by atoms with van der Waals surface area (Å²) < 4.78 is 11.5. The second-order valence-electron chi connectivity index (χ2n) is 8.04. The molecular weight excluding hydrogens is 432 g/mol. The van der Waals surface area contributed by atoms with Gasteiger partial charge in [0.1, 0.15) is 11.6 Å². The van der Waals surface area contributed by atoms with E-state index in [0.717, 1.165) is 0 Å². The summed E-state index contributed by atoms with van der Waals surface area (Å²) in [5.41, 5.74) is -1.04. The number of ether oxygens (including phenoxy) is 2. The minimum atomic E-state index is -1.04. The maximum Gasteiger partial charge on any atom is 0.312 e. The summed E-state index contributed by atoms with van der Waals surface area (Å²) in [6, 6.07) is -0.882. The van der Waals surface area contributed by atoms with E-state index in [0.29, 0.717) is 25.8 Å². The van der Waals surface area contributed by atoms with Crippen LogP contribution in [-0.2, 0) is 23.9 Å². The zero-order valence-electron chi connectivity index (χ0n) is 16.5. The fraction of sp³-hybridized carbons (Fsp3) is 0.842. The zero-order chi connectivity index (χ0) is 20.6. The van der Waals surface area contributed by atoms with E-state index in [-0.39, 0.29) is 35.9 Å². The van der Waals surface area contributed by atoms with Crippen molar-refractivity contribution < 1.29 is 29.0 Å². The first-order valence-electron chi connectivity index (χ1n) is 9.98. The first-order chi connectivity index (χ1) is 13.3. The summed E-state index contributed by atoms with van der Waals surface area (Å²) in [7, 11) is 0. The number of aliphatic hydroxyl groups excluding tert-OH is 1. The summed E-state index contributed by atoms with van der Waals surface area (Å²) >= 11 is 3.59. The molecule has 158 valence electrons. The number of nitrogens with one attached hydrogen (secondary N) is 1. The fourth-order valence-corrected chi connectivity index (χ4v) is 5.88. The van der Waals surface area contributed by atoms with Gasteiger partial charge in [0.2, 0.25) is 11.8 Å². The number of rotatable bonds is 8. The van der Waals surface area contributed by atoms with Crippen LogP contribution in [0.3, 0.4) is 0 Å². The number of amides is 2. The zero-order valence-corrected chi connectivity index (χ0v) is 18.1. The number of hydrogen-bond donors (Lipinski definition) is 2. The molecule has 0 saturated carbocycles. The Morgan fingerprint density at radius 2 is 2.14 bits per heavy atom. The van der Waals surface area contributed by atoms with Crippen molar-refractivity contribution in [3.63, 3.8) is 0 Å². The van der Waals surface area contributed by atoms with Crippen LogP contribution < -0.4 is 5.32 Å². The Morgan fingerprint density at radius 1 is 1.43 bits per heavy atom. The predicted molar refractivity (Wildman–Crippen MR) is 104 cm³/mol. The molecule has 1 unspecified atom stereocenters. The Hall–Kier alpha value is -1.19. The van der Waals surface area contributed by atoms with Gasteiger partial charge in [-0.25, -0.2) is 0 Å². The van der Waals surface area contributed by atoms with Gasteiger partial charge in [-0.3, -0.25) is 14.4 Å². The van der Waals surface area contributed by atoms with Crippen molar-refractivity contribution in [2.45, 2.75) is 68.6 Å². The molecule has 0 aromatic carbocycles. The highest BCUT2D eigenvalue weighted by Gasteiger charge is 2.76. The lowest BCUT2D eigenvalue weighted by atomic mass is 9.70. The Bertz CT molecular complexity index is 644. The molecule has 0 radical (unpaired) electrons. The minimum absolute atomic E-state index is 0.0208. The van der Waals surface area contributed by atoms with Crippen LogP contribution in [0.1, 0.15) is 40.0 Å². The number of carbonyl (C=O) groups excluding carboxylic acids is 3. The molecule has 3 saturated heterocycles. The van der Waals surface area contributed by atoms with E-state index in [2.05, 4.69) is 21.2 Å². The van der Waals surface area contributed by atoms with Gasteiger partial charge in [-0.2, -0.15) is 0 Å². The normalized spacial score (nSPS) is 36.1. The minimum Gasteiger partial charge on any atom is -0.466 e. The topological polar surface area (TPSA) is 105 Å². The van der Waals surface area contributed by atoms with Crippen LogP contribution in [0, 0.1) is 11.8 Å². The maximum atomic E-state index is 13.4. The average Bonchev–Trinajstić information content (AvgIpc) is 3.19. The smallest absolute Gasteiger partial charge is 0.312 e. The molecule has 1 spiro atoms. The van der Waals surface area contributed by atoms with Crippen LogP contribution in [0.4, 0.5) is 0 Å². The van der Waals surface area contributed by atoms with Crippen molar-refractivity contribution in [2.24, 2.45) is 11.8 Å². The van der Waals surface area contributed by atoms with Gasteiger partial charge in [-0.15, -0.1) is 0 Å². The van der Waals surface area contributed by atoms with Gasteiger partial charge >= 0.3 is 5.97 Å². The Kier molecular flexibility index (Phi) is 6.36. The number of esters is 1. The van der Waals surface area contributed by atoms with Crippen LogP contribution in [-0.4, -0.2) is 76.2 Å². The number of halogens is 1. The number of nitrogens with zero attached hydrogens (tertiary/aromatic N) is 1. The highest BCUT2D eigenvalue weighted by Crippen LogP contribution is 2.60. The number of alkyl halides is 1. The van der Waals surface area contributed by atoms with Crippen molar-refractivity contribution in [2.75, 3.05) is 19.8 Å². The van der Waals surface area contributed by atoms with E-state index >= 15 is 0 Å². The van der Waals surface area contributed by atoms with Crippen LogP contribution in [0.15, 0.2) is 0 Å². The quantitative estimate of drug-likeness (QED) is 0.312. The second-order valence-corrected chi connectivity index (χ2v) is 9.22. The molecule has 28 heavy (non-hydrogen) atoms. The summed E-state index contributed by atoms with van der Waals surface area (Å²) in [6.45, 7) is 6.03. The van der Waals surface area contributed by atoms with Crippen molar-refractivity contribution in [3.8, 4) is 0 Å².